The number of nitrogens with one attached hydrogen (secondary N) is 2. The molecule has 138 valence electrons. The standard InChI is InChI=1S/C21H32N2O2/c1-2-12-25-13-6-11-22-20-15-19(20)16-7-5-8-17(14-16)21(24)23-18-9-3-4-10-18/h5,7-8,14,18-20,22H,2-4,6,9-13,15H2,1H3,(H,23,24)/t19?,20-/m1/s1. The molecule has 3 rings (SSSR count). The molecule has 2 atom stereocenters. The largest absolute Gasteiger partial charge is 0.381 e. The monoisotopic (exact) mass is 344 g/mol. The Hall–Kier alpha value is -1.39. The first-order valence-electron chi connectivity index (χ1n) is 10.00. The third kappa shape index (κ3) is 5.55. The summed E-state index contributed by atoms with van der Waals surface area (Å²) in [6.07, 6.45) is 8.05. The SMILES string of the molecule is CCCOCCCN[C@@H]1CC1c1cccc(C(=O)NC2CCCC2)c1. The van der Waals surface area contributed by atoms with E-state index >= 15 is 0 Å². The van der Waals surface area contributed by atoms with Crippen molar-refractivity contribution in [3.05, 3.63) is 35.4 Å². The van der Waals surface area contributed by atoms with E-state index < -0.39 is 0 Å². The second kappa shape index (κ2) is 9.35. The Labute approximate surface area is 151 Å². The lowest BCUT2D eigenvalue weighted by Gasteiger charge is -2.12. The van der Waals surface area contributed by atoms with Gasteiger partial charge in [0.05, 0.1) is 0 Å². The first-order chi connectivity index (χ1) is 12.3. The Balaban J connectivity index is 1.42. The minimum Gasteiger partial charge on any atom is -0.381 e. The van der Waals surface area contributed by atoms with Crippen molar-refractivity contribution in [2.45, 2.75) is 69.9 Å². The highest BCUT2D eigenvalue weighted by molar-refractivity contribution is 5.94. The maximum absolute atomic E-state index is 12.4. The molecule has 0 bridgehead atoms. The highest BCUT2D eigenvalue weighted by Gasteiger charge is 2.37. The molecule has 0 aromatic heterocycles. The Kier molecular flexibility index (Phi) is 6.88. The van der Waals surface area contributed by atoms with E-state index in [4.69, 9.17) is 4.74 Å². The molecule has 1 amide bonds. The van der Waals surface area contributed by atoms with Crippen molar-refractivity contribution in [1.29, 1.82) is 0 Å². The van der Waals surface area contributed by atoms with Gasteiger partial charge in [-0.2, -0.15) is 0 Å². The van der Waals surface area contributed by atoms with E-state index in [1.54, 1.807) is 0 Å². The van der Waals surface area contributed by atoms with E-state index in [1.807, 2.05) is 12.1 Å². The van der Waals surface area contributed by atoms with Crippen LogP contribution in [0, 0.1) is 0 Å². The van der Waals surface area contributed by atoms with Crippen LogP contribution in [-0.2, 0) is 4.74 Å². The summed E-state index contributed by atoms with van der Waals surface area (Å²) in [7, 11) is 0. The second-order valence-corrected chi connectivity index (χ2v) is 7.45. The van der Waals surface area contributed by atoms with E-state index in [2.05, 4.69) is 29.7 Å². The molecular weight excluding hydrogens is 312 g/mol. The summed E-state index contributed by atoms with van der Waals surface area (Å²) >= 11 is 0. The van der Waals surface area contributed by atoms with E-state index in [-0.39, 0.29) is 5.91 Å². The summed E-state index contributed by atoms with van der Waals surface area (Å²) in [5.41, 5.74) is 2.10. The highest BCUT2D eigenvalue weighted by Crippen LogP contribution is 2.40. The zero-order valence-electron chi connectivity index (χ0n) is 15.4. The van der Waals surface area contributed by atoms with Crippen molar-refractivity contribution in [3.8, 4) is 0 Å². The minimum atomic E-state index is 0.0898. The van der Waals surface area contributed by atoms with E-state index in [9.17, 15) is 4.79 Å². The molecule has 2 aliphatic rings. The molecular formula is C21H32N2O2. The molecule has 0 radical (unpaired) electrons. The number of benzene rings is 1. The fourth-order valence-corrected chi connectivity index (χ4v) is 3.75. The van der Waals surface area contributed by atoms with Crippen LogP contribution < -0.4 is 10.6 Å². The molecule has 2 fully saturated rings. The summed E-state index contributed by atoms with van der Waals surface area (Å²) in [6.45, 7) is 4.85. The first kappa shape index (κ1) is 18.4. The van der Waals surface area contributed by atoms with Crippen molar-refractivity contribution in [2.75, 3.05) is 19.8 Å². The normalized spacial score (nSPS) is 22.9. The van der Waals surface area contributed by atoms with Crippen LogP contribution >= 0.6 is 0 Å². The lowest BCUT2D eigenvalue weighted by Crippen LogP contribution is -2.32. The lowest BCUT2D eigenvalue weighted by atomic mass is 10.1. The van der Waals surface area contributed by atoms with Gasteiger partial charge in [-0.05, 0) is 56.3 Å². The Bertz CT molecular complexity index is 555. The molecule has 2 saturated carbocycles. The zero-order valence-corrected chi connectivity index (χ0v) is 15.4. The van der Waals surface area contributed by atoms with Crippen LogP contribution in [-0.4, -0.2) is 37.7 Å². The topological polar surface area (TPSA) is 50.4 Å². The van der Waals surface area contributed by atoms with Gasteiger partial charge in [-0.15, -0.1) is 0 Å². The molecule has 0 saturated heterocycles. The van der Waals surface area contributed by atoms with Crippen molar-refractivity contribution in [2.24, 2.45) is 0 Å². The predicted octanol–water partition coefficient (Wildman–Crippen LogP) is 3.62. The van der Waals surface area contributed by atoms with Crippen LogP contribution in [0.15, 0.2) is 24.3 Å². The number of ether oxygens (including phenoxy) is 1. The average molecular weight is 344 g/mol. The Morgan fingerprint density at radius 2 is 2.08 bits per heavy atom. The van der Waals surface area contributed by atoms with Crippen molar-refractivity contribution < 1.29 is 9.53 Å². The van der Waals surface area contributed by atoms with Crippen molar-refractivity contribution in [1.82, 2.24) is 10.6 Å². The zero-order chi connectivity index (χ0) is 17.5. The fourth-order valence-electron chi connectivity index (χ4n) is 3.75. The molecule has 1 unspecified atom stereocenters. The number of rotatable bonds is 10. The van der Waals surface area contributed by atoms with Crippen LogP contribution in [0.2, 0.25) is 0 Å². The van der Waals surface area contributed by atoms with Crippen LogP contribution in [0.4, 0.5) is 0 Å². The van der Waals surface area contributed by atoms with Gasteiger partial charge in [0.15, 0.2) is 0 Å². The van der Waals surface area contributed by atoms with Gasteiger partial charge < -0.3 is 15.4 Å². The van der Waals surface area contributed by atoms with Gasteiger partial charge in [-0.1, -0.05) is 31.9 Å². The van der Waals surface area contributed by atoms with Crippen LogP contribution in [0.1, 0.15) is 73.7 Å². The van der Waals surface area contributed by atoms with Gasteiger partial charge in [0.25, 0.3) is 5.91 Å². The predicted molar refractivity (Wildman–Crippen MR) is 101 cm³/mol. The second-order valence-electron chi connectivity index (χ2n) is 7.45. The summed E-state index contributed by atoms with van der Waals surface area (Å²) in [6, 6.07) is 9.13. The maximum Gasteiger partial charge on any atom is 0.251 e. The molecule has 4 heteroatoms. The Morgan fingerprint density at radius 3 is 2.88 bits per heavy atom. The summed E-state index contributed by atoms with van der Waals surface area (Å²) < 4.78 is 5.51. The molecule has 2 N–H and O–H groups in total. The van der Waals surface area contributed by atoms with Gasteiger partial charge in [0, 0.05) is 36.8 Å². The molecule has 1 aromatic rings. The summed E-state index contributed by atoms with van der Waals surface area (Å²) in [5.74, 6) is 0.641. The Morgan fingerprint density at radius 1 is 1.24 bits per heavy atom. The van der Waals surface area contributed by atoms with Gasteiger partial charge in [-0.3, -0.25) is 4.79 Å². The molecule has 4 nitrogen and oxygen atoms in total. The quantitative estimate of drug-likeness (QED) is 0.637. The average Bonchev–Trinajstić information content (AvgIpc) is 3.23. The third-order valence-corrected chi connectivity index (χ3v) is 5.28. The fraction of sp³-hybridized carbons (Fsp3) is 0.667. The maximum atomic E-state index is 12.4. The van der Waals surface area contributed by atoms with Crippen molar-refractivity contribution >= 4 is 5.91 Å². The number of carbonyl (C=O) groups excluding carboxylic acids is 1. The van der Waals surface area contributed by atoms with E-state index in [0.717, 1.165) is 51.0 Å². The number of hydrogen-bond donors (Lipinski definition) is 2. The smallest absolute Gasteiger partial charge is 0.251 e. The number of amides is 1. The van der Waals surface area contributed by atoms with Gasteiger partial charge in [-0.25, -0.2) is 0 Å². The molecule has 25 heavy (non-hydrogen) atoms. The first-order valence-corrected chi connectivity index (χ1v) is 10.00. The van der Waals surface area contributed by atoms with Gasteiger partial charge in [0.2, 0.25) is 0 Å². The molecule has 2 aliphatic carbocycles. The molecule has 1 aromatic carbocycles. The highest BCUT2D eigenvalue weighted by atomic mass is 16.5. The van der Waals surface area contributed by atoms with Gasteiger partial charge >= 0.3 is 0 Å². The molecule has 0 aliphatic heterocycles. The van der Waals surface area contributed by atoms with Crippen LogP contribution in [0.3, 0.4) is 0 Å². The van der Waals surface area contributed by atoms with Crippen LogP contribution in [0.25, 0.3) is 0 Å². The van der Waals surface area contributed by atoms with Crippen LogP contribution in [0.5, 0.6) is 0 Å². The number of carbonyl (C=O) groups is 1. The molecule has 0 spiro atoms. The van der Waals surface area contributed by atoms with E-state index in [1.165, 1.54) is 24.8 Å². The lowest BCUT2D eigenvalue weighted by molar-refractivity contribution is 0.0937. The summed E-state index contributed by atoms with van der Waals surface area (Å²) in [4.78, 5) is 12.4. The van der Waals surface area contributed by atoms with Gasteiger partial charge in [0.1, 0.15) is 0 Å². The third-order valence-electron chi connectivity index (χ3n) is 5.28. The van der Waals surface area contributed by atoms with E-state index in [0.29, 0.717) is 18.0 Å². The molecule has 0 heterocycles. The minimum absolute atomic E-state index is 0.0898. The van der Waals surface area contributed by atoms with Crippen molar-refractivity contribution in [3.63, 3.8) is 0 Å². The summed E-state index contributed by atoms with van der Waals surface area (Å²) in [5, 5.41) is 6.79. The number of hydrogen-bond acceptors (Lipinski definition) is 3.